The third-order valence-electron chi connectivity index (χ3n) is 1.80. The number of halogens is 4. The van der Waals surface area contributed by atoms with Crippen molar-refractivity contribution in [3.05, 3.63) is 40.3 Å². The van der Waals surface area contributed by atoms with Crippen LogP contribution in [0.1, 0.15) is 11.1 Å². The molecule has 0 spiro atoms. The van der Waals surface area contributed by atoms with Crippen LogP contribution in [0, 0.1) is 6.92 Å². The van der Waals surface area contributed by atoms with E-state index in [2.05, 4.69) is 0 Å². The van der Waals surface area contributed by atoms with Crippen LogP contribution in [0.5, 0.6) is 0 Å². The Hall–Kier alpha value is 0.741. The molecule has 0 amide bonds. The summed E-state index contributed by atoms with van der Waals surface area (Å²) in [7, 11) is 0. The number of rotatable bonds is 2. The molecule has 0 aliphatic heterocycles. The predicted molar refractivity (Wildman–Crippen MR) is 54.3 cm³/mol. The van der Waals surface area contributed by atoms with Crippen molar-refractivity contribution in [3.63, 3.8) is 0 Å². The molecule has 0 aromatic heterocycles. The van der Waals surface area contributed by atoms with E-state index in [1.807, 2.05) is 0 Å². The third kappa shape index (κ3) is 5.56. The van der Waals surface area contributed by atoms with Crippen molar-refractivity contribution in [2.45, 2.75) is 6.92 Å². The molecule has 76 valence electrons. The van der Waals surface area contributed by atoms with Crippen molar-refractivity contribution >= 4 is 24.7 Å². The molecule has 0 bridgehead atoms. The van der Waals surface area contributed by atoms with E-state index in [1.54, 1.807) is 25.1 Å². The molecular formula is C9H8BClF3K. The second-order valence-corrected chi connectivity index (χ2v) is 3.35. The van der Waals surface area contributed by atoms with E-state index >= 15 is 0 Å². The first-order chi connectivity index (χ1) is 6.40. The van der Waals surface area contributed by atoms with Crippen LogP contribution in [0.15, 0.2) is 24.2 Å². The first kappa shape index (κ1) is 15.7. The SMILES string of the molecule is Cc1c(Cl)cccc1/C=C/[B-](F)(F)F.[K+]. The van der Waals surface area contributed by atoms with E-state index in [0.717, 1.165) is 6.08 Å². The minimum atomic E-state index is -4.88. The smallest absolute Gasteiger partial charge is 0.445 e. The summed E-state index contributed by atoms with van der Waals surface area (Å²) in [5.41, 5.74) is 1.15. The van der Waals surface area contributed by atoms with Gasteiger partial charge in [0, 0.05) is 5.02 Å². The molecule has 0 aliphatic carbocycles. The standard InChI is InChI=1S/C9H8BClF3.K/c1-7-8(3-2-4-9(7)11)5-6-10(12,13)14;/h2-6H,1H3;/q-1;+1/b6-5+;. The van der Waals surface area contributed by atoms with Crippen molar-refractivity contribution in [3.8, 4) is 0 Å². The van der Waals surface area contributed by atoms with E-state index in [9.17, 15) is 12.9 Å². The Morgan fingerprint density at radius 1 is 1.27 bits per heavy atom. The molecular weight excluding hydrogens is 250 g/mol. The molecule has 0 atom stereocenters. The van der Waals surface area contributed by atoms with Crippen LogP contribution >= 0.6 is 11.6 Å². The zero-order valence-corrected chi connectivity index (χ0v) is 12.4. The molecule has 0 aliphatic rings. The first-order valence-corrected chi connectivity index (χ1v) is 4.42. The first-order valence-electron chi connectivity index (χ1n) is 4.04. The minimum absolute atomic E-state index is 0. The molecule has 15 heavy (non-hydrogen) atoms. The van der Waals surface area contributed by atoms with Gasteiger partial charge in [-0.2, -0.15) is 0 Å². The Morgan fingerprint density at radius 2 is 1.87 bits per heavy atom. The molecule has 0 fully saturated rings. The second kappa shape index (κ2) is 6.47. The van der Waals surface area contributed by atoms with Crippen molar-refractivity contribution < 1.29 is 64.3 Å². The van der Waals surface area contributed by atoms with Crippen molar-refractivity contribution in [2.75, 3.05) is 0 Å². The minimum Gasteiger partial charge on any atom is -0.445 e. The molecule has 0 unspecified atom stereocenters. The van der Waals surface area contributed by atoms with Crippen LogP contribution in [0.3, 0.4) is 0 Å². The van der Waals surface area contributed by atoms with Crippen molar-refractivity contribution in [2.24, 2.45) is 0 Å². The fourth-order valence-corrected chi connectivity index (χ4v) is 1.20. The summed E-state index contributed by atoms with van der Waals surface area (Å²) in [6.07, 6.45) is 1.04. The summed E-state index contributed by atoms with van der Waals surface area (Å²) in [6.45, 7) is -3.19. The molecule has 0 heterocycles. The van der Waals surface area contributed by atoms with Gasteiger partial charge in [-0.05, 0) is 24.1 Å². The van der Waals surface area contributed by atoms with E-state index < -0.39 is 6.98 Å². The second-order valence-electron chi connectivity index (χ2n) is 2.94. The Bertz CT molecular complexity index is 363. The molecule has 0 N–H and O–H groups in total. The van der Waals surface area contributed by atoms with Gasteiger partial charge >= 0.3 is 58.4 Å². The topological polar surface area (TPSA) is 0 Å². The molecule has 0 nitrogen and oxygen atoms in total. The summed E-state index contributed by atoms with van der Waals surface area (Å²) in [4.78, 5) is 0. The Kier molecular flexibility index (Phi) is 6.79. The number of benzene rings is 1. The van der Waals surface area contributed by atoms with Crippen LogP contribution in [0.4, 0.5) is 12.9 Å². The molecule has 0 saturated carbocycles. The normalized spacial score (nSPS) is 11.5. The third-order valence-corrected chi connectivity index (χ3v) is 2.21. The number of hydrogen-bond acceptors (Lipinski definition) is 0. The Labute approximate surface area is 134 Å². The van der Waals surface area contributed by atoms with Gasteiger partial charge in [-0.1, -0.05) is 29.8 Å². The Balaban J connectivity index is 0.00000196. The van der Waals surface area contributed by atoms with E-state index in [0.29, 0.717) is 16.1 Å². The van der Waals surface area contributed by atoms with Crippen LogP contribution in [0.2, 0.25) is 5.02 Å². The van der Waals surface area contributed by atoms with Gasteiger partial charge in [0.15, 0.2) is 0 Å². The van der Waals surface area contributed by atoms with Crippen LogP contribution in [-0.2, 0) is 0 Å². The van der Waals surface area contributed by atoms with Gasteiger partial charge in [-0.25, -0.2) is 0 Å². The average molecular weight is 259 g/mol. The molecule has 0 radical (unpaired) electrons. The average Bonchev–Trinajstić information content (AvgIpc) is 2.06. The predicted octanol–water partition coefficient (Wildman–Crippen LogP) is 1.05. The maximum atomic E-state index is 11.9. The van der Waals surface area contributed by atoms with E-state index in [-0.39, 0.29) is 57.4 Å². The quantitative estimate of drug-likeness (QED) is 0.696. The van der Waals surface area contributed by atoms with E-state index in [1.165, 1.54) is 0 Å². The summed E-state index contributed by atoms with van der Waals surface area (Å²) < 4.78 is 35.7. The fourth-order valence-electron chi connectivity index (χ4n) is 1.02. The summed E-state index contributed by atoms with van der Waals surface area (Å²) in [5.74, 6) is 0.263. The number of hydrogen-bond donors (Lipinski definition) is 0. The van der Waals surface area contributed by atoms with Gasteiger partial charge in [-0.3, -0.25) is 0 Å². The molecule has 1 aromatic carbocycles. The van der Waals surface area contributed by atoms with E-state index in [4.69, 9.17) is 11.6 Å². The maximum absolute atomic E-state index is 11.9. The summed E-state index contributed by atoms with van der Waals surface area (Å²) in [6, 6.07) is 4.87. The summed E-state index contributed by atoms with van der Waals surface area (Å²) in [5, 5.41) is 0.474. The molecule has 1 aromatic rings. The van der Waals surface area contributed by atoms with Crippen molar-refractivity contribution in [1.29, 1.82) is 0 Å². The van der Waals surface area contributed by atoms with Gasteiger partial charge in [0.25, 0.3) is 0 Å². The molecule has 0 saturated heterocycles. The zero-order valence-electron chi connectivity index (χ0n) is 8.48. The zero-order chi connectivity index (χ0) is 10.8. The Morgan fingerprint density at radius 3 is 2.40 bits per heavy atom. The fraction of sp³-hybridized carbons (Fsp3) is 0.111. The van der Waals surface area contributed by atoms with Gasteiger partial charge in [0.1, 0.15) is 0 Å². The molecule has 1 rings (SSSR count). The van der Waals surface area contributed by atoms with Gasteiger partial charge in [-0.15, -0.1) is 5.98 Å². The molecule has 6 heteroatoms. The van der Waals surface area contributed by atoms with Crippen molar-refractivity contribution in [1.82, 2.24) is 0 Å². The maximum Gasteiger partial charge on any atom is 1.00 e. The van der Waals surface area contributed by atoms with Gasteiger partial charge < -0.3 is 12.9 Å². The monoisotopic (exact) mass is 258 g/mol. The van der Waals surface area contributed by atoms with Crippen LogP contribution in [0.25, 0.3) is 6.08 Å². The van der Waals surface area contributed by atoms with Gasteiger partial charge in [0.2, 0.25) is 0 Å². The van der Waals surface area contributed by atoms with Crippen LogP contribution in [-0.4, -0.2) is 6.98 Å². The summed E-state index contributed by atoms with van der Waals surface area (Å²) >= 11 is 5.75. The van der Waals surface area contributed by atoms with Crippen LogP contribution < -0.4 is 51.4 Å². The largest absolute Gasteiger partial charge is 1.00 e. The van der Waals surface area contributed by atoms with Gasteiger partial charge in [0.05, 0.1) is 0 Å².